The molecule has 1 aromatic carbocycles. The average Bonchev–Trinajstić information content (AvgIpc) is 3.21. The summed E-state index contributed by atoms with van der Waals surface area (Å²) in [6.45, 7) is 7.47. The third kappa shape index (κ3) is 5.49. The summed E-state index contributed by atoms with van der Waals surface area (Å²) in [6.07, 6.45) is 3.45. The molecule has 1 fully saturated rings. The van der Waals surface area contributed by atoms with E-state index in [1.807, 2.05) is 7.05 Å². The first-order chi connectivity index (χ1) is 9.38. The van der Waals surface area contributed by atoms with Crippen molar-refractivity contribution in [1.82, 2.24) is 4.90 Å². The molecule has 1 aliphatic carbocycles. The minimum absolute atomic E-state index is 0. The molecule has 0 spiro atoms. The van der Waals surface area contributed by atoms with Gasteiger partial charge in [-0.1, -0.05) is 45.0 Å². The highest BCUT2D eigenvalue weighted by Crippen LogP contribution is 2.25. The van der Waals surface area contributed by atoms with Crippen LogP contribution >= 0.6 is 24.0 Å². The van der Waals surface area contributed by atoms with Crippen LogP contribution in [-0.4, -0.2) is 30.5 Å². The van der Waals surface area contributed by atoms with Crippen molar-refractivity contribution < 1.29 is 0 Å². The van der Waals surface area contributed by atoms with E-state index in [0.717, 1.165) is 13.0 Å². The molecule has 0 heterocycles. The lowest BCUT2D eigenvalue weighted by atomic mass is 9.86. The molecule has 2 rings (SSSR count). The van der Waals surface area contributed by atoms with Crippen LogP contribution in [0.2, 0.25) is 0 Å². The van der Waals surface area contributed by atoms with Crippen LogP contribution in [0.1, 0.15) is 44.7 Å². The van der Waals surface area contributed by atoms with Gasteiger partial charge in [-0.25, -0.2) is 0 Å². The van der Waals surface area contributed by atoms with Crippen LogP contribution in [0.4, 0.5) is 0 Å². The van der Waals surface area contributed by atoms with Gasteiger partial charge in [-0.3, -0.25) is 4.99 Å². The molecule has 0 unspecified atom stereocenters. The fourth-order valence-corrected chi connectivity index (χ4v) is 2.23. The second-order valence-corrected chi connectivity index (χ2v) is 6.78. The average molecular weight is 401 g/mol. The zero-order valence-corrected chi connectivity index (χ0v) is 15.9. The van der Waals surface area contributed by atoms with Gasteiger partial charge >= 0.3 is 0 Å². The lowest BCUT2D eigenvalue weighted by Crippen LogP contribution is -2.35. The minimum atomic E-state index is 0. The van der Waals surface area contributed by atoms with Gasteiger partial charge in [-0.15, -0.1) is 24.0 Å². The normalized spacial score (nSPS) is 15.5. The molecule has 2 N–H and O–H groups in total. The summed E-state index contributed by atoms with van der Waals surface area (Å²) in [5.41, 5.74) is 8.89. The van der Waals surface area contributed by atoms with E-state index < -0.39 is 0 Å². The van der Waals surface area contributed by atoms with Gasteiger partial charge in [0.2, 0.25) is 0 Å². The van der Waals surface area contributed by atoms with Gasteiger partial charge in [0.15, 0.2) is 5.96 Å². The van der Waals surface area contributed by atoms with Crippen molar-refractivity contribution in [2.45, 2.75) is 51.5 Å². The smallest absolute Gasteiger partial charge is 0.191 e. The maximum absolute atomic E-state index is 5.98. The Morgan fingerprint density at radius 1 is 1.24 bits per heavy atom. The number of rotatable bonds is 4. The Kier molecular flexibility index (Phi) is 6.50. The summed E-state index contributed by atoms with van der Waals surface area (Å²) in [6, 6.07) is 9.48. The quantitative estimate of drug-likeness (QED) is 0.476. The molecular formula is C17H28IN3. The number of halogens is 1. The Morgan fingerprint density at radius 3 is 2.29 bits per heavy atom. The number of hydrogen-bond acceptors (Lipinski definition) is 1. The van der Waals surface area contributed by atoms with E-state index in [-0.39, 0.29) is 29.4 Å². The van der Waals surface area contributed by atoms with Crippen molar-refractivity contribution in [3.8, 4) is 0 Å². The van der Waals surface area contributed by atoms with E-state index in [1.54, 1.807) is 0 Å². The predicted molar refractivity (Wildman–Crippen MR) is 102 cm³/mol. The molecule has 1 aliphatic rings. The van der Waals surface area contributed by atoms with Crippen molar-refractivity contribution >= 4 is 29.9 Å². The number of guanidine groups is 1. The van der Waals surface area contributed by atoms with E-state index in [9.17, 15) is 0 Å². The molecule has 118 valence electrons. The van der Waals surface area contributed by atoms with Crippen LogP contribution < -0.4 is 5.73 Å². The van der Waals surface area contributed by atoms with Gasteiger partial charge in [0.05, 0.1) is 0 Å². The predicted octanol–water partition coefficient (Wildman–Crippen LogP) is 3.55. The fraction of sp³-hybridized carbons (Fsp3) is 0.588. The van der Waals surface area contributed by atoms with Gasteiger partial charge in [-0.2, -0.15) is 0 Å². The van der Waals surface area contributed by atoms with E-state index in [4.69, 9.17) is 5.73 Å². The highest BCUT2D eigenvalue weighted by atomic mass is 127. The topological polar surface area (TPSA) is 41.6 Å². The molecule has 0 atom stereocenters. The van der Waals surface area contributed by atoms with Crippen LogP contribution in [-0.2, 0) is 11.8 Å². The maximum atomic E-state index is 5.98. The van der Waals surface area contributed by atoms with E-state index >= 15 is 0 Å². The maximum Gasteiger partial charge on any atom is 0.191 e. The van der Waals surface area contributed by atoms with Crippen LogP contribution in [0.3, 0.4) is 0 Å². The number of nitrogens with zero attached hydrogens (tertiary/aromatic N) is 2. The Labute approximate surface area is 146 Å². The lowest BCUT2D eigenvalue weighted by Gasteiger charge is -2.19. The highest BCUT2D eigenvalue weighted by Gasteiger charge is 2.27. The van der Waals surface area contributed by atoms with Crippen molar-refractivity contribution in [3.05, 3.63) is 35.4 Å². The standard InChI is InChI=1S/C17H27N3.HI/c1-17(2,3)14-7-5-13(6-8-14)11-12-19-16(18)20(4)15-9-10-15;/h5-8,15H,9-12H2,1-4H3,(H2,18,19);1H. The lowest BCUT2D eigenvalue weighted by molar-refractivity contribution is 0.487. The van der Waals surface area contributed by atoms with E-state index in [1.165, 1.54) is 24.0 Å². The Hall–Kier alpha value is -0.780. The molecule has 0 bridgehead atoms. The molecule has 3 nitrogen and oxygen atoms in total. The van der Waals surface area contributed by atoms with E-state index in [2.05, 4.69) is 54.9 Å². The van der Waals surface area contributed by atoms with Gasteiger partial charge in [-0.05, 0) is 35.8 Å². The number of hydrogen-bond donors (Lipinski definition) is 1. The summed E-state index contributed by atoms with van der Waals surface area (Å²) < 4.78 is 0. The van der Waals surface area contributed by atoms with Crippen molar-refractivity contribution in [3.63, 3.8) is 0 Å². The van der Waals surface area contributed by atoms with Gasteiger partial charge in [0.25, 0.3) is 0 Å². The third-order valence-corrected chi connectivity index (χ3v) is 3.95. The zero-order chi connectivity index (χ0) is 14.8. The molecule has 1 aromatic rings. The van der Waals surface area contributed by atoms with Crippen LogP contribution in [0.15, 0.2) is 29.3 Å². The van der Waals surface area contributed by atoms with Gasteiger partial charge in [0, 0.05) is 19.6 Å². The molecular weight excluding hydrogens is 373 g/mol. The largest absolute Gasteiger partial charge is 0.370 e. The van der Waals surface area contributed by atoms with Crippen molar-refractivity contribution in [1.29, 1.82) is 0 Å². The zero-order valence-electron chi connectivity index (χ0n) is 13.6. The van der Waals surface area contributed by atoms with Crippen LogP contribution in [0.25, 0.3) is 0 Å². The molecule has 4 heteroatoms. The Bertz CT molecular complexity index is 470. The highest BCUT2D eigenvalue weighted by molar-refractivity contribution is 14.0. The van der Waals surface area contributed by atoms with Crippen molar-refractivity contribution in [2.24, 2.45) is 10.7 Å². The molecule has 0 aromatic heterocycles. The third-order valence-electron chi connectivity index (χ3n) is 3.95. The number of aliphatic imine (C=N–C) groups is 1. The van der Waals surface area contributed by atoms with E-state index in [0.29, 0.717) is 12.0 Å². The first-order valence-electron chi connectivity index (χ1n) is 7.50. The second-order valence-electron chi connectivity index (χ2n) is 6.78. The minimum Gasteiger partial charge on any atom is -0.370 e. The molecule has 1 saturated carbocycles. The first-order valence-corrected chi connectivity index (χ1v) is 7.50. The molecule has 0 amide bonds. The van der Waals surface area contributed by atoms with Crippen LogP contribution in [0.5, 0.6) is 0 Å². The van der Waals surface area contributed by atoms with Gasteiger partial charge < -0.3 is 10.6 Å². The monoisotopic (exact) mass is 401 g/mol. The summed E-state index contributed by atoms with van der Waals surface area (Å²) in [4.78, 5) is 6.57. The summed E-state index contributed by atoms with van der Waals surface area (Å²) >= 11 is 0. The van der Waals surface area contributed by atoms with Crippen molar-refractivity contribution in [2.75, 3.05) is 13.6 Å². The SMILES string of the molecule is CN(C(N)=NCCc1ccc(C(C)(C)C)cc1)C1CC1.I. The second kappa shape index (κ2) is 7.47. The molecule has 0 saturated heterocycles. The Morgan fingerprint density at radius 2 is 1.81 bits per heavy atom. The summed E-state index contributed by atoms with van der Waals surface area (Å²) in [5, 5.41) is 0. The molecule has 0 radical (unpaired) electrons. The summed E-state index contributed by atoms with van der Waals surface area (Å²) in [5.74, 6) is 0.679. The number of nitrogens with two attached hydrogens (primary N) is 1. The van der Waals surface area contributed by atoms with Gasteiger partial charge in [0.1, 0.15) is 0 Å². The molecule has 21 heavy (non-hydrogen) atoms. The summed E-state index contributed by atoms with van der Waals surface area (Å²) in [7, 11) is 2.04. The van der Waals surface area contributed by atoms with Crippen LogP contribution in [0, 0.1) is 0 Å². The Balaban J connectivity index is 0.00000220. The first kappa shape index (κ1) is 18.3. The number of benzene rings is 1. The molecule has 0 aliphatic heterocycles. The fourth-order valence-electron chi connectivity index (χ4n) is 2.23.